The van der Waals surface area contributed by atoms with Gasteiger partial charge < -0.3 is 9.80 Å². The molecule has 0 radical (unpaired) electrons. The van der Waals surface area contributed by atoms with Crippen LogP contribution in [0.15, 0.2) is 42.5 Å². The summed E-state index contributed by atoms with van der Waals surface area (Å²) in [6.45, 7) is 2.83. The molecule has 0 bridgehead atoms. The van der Waals surface area contributed by atoms with E-state index in [0.717, 1.165) is 23.8 Å². The van der Waals surface area contributed by atoms with Gasteiger partial charge in [-0.1, -0.05) is 40.9 Å². The number of nitrogens with zero attached hydrogens (tertiary/aromatic N) is 2. The fourth-order valence-electron chi connectivity index (χ4n) is 2.66. The van der Waals surface area contributed by atoms with Gasteiger partial charge in [0.2, 0.25) is 0 Å². The number of anilines is 1. The molecule has 1 aliphatic heterocycles. The minimum Gasteiger partial charge on any atom is -0.368 e. The summed E-state index contributed by atoms with van der Waals surface area (Å²) in [6.07, 6.45) is 0. The van der Waals surface area contributed by atoms with E-state index >= 15 is 0 Å². The minimum atomic E-state index is -0.0757. The predicted molar refractivity (Wildman–Crippen MR) is 96.0 cm³/mol. The number of halogens is 3. The van der Waals surface area contributed by atoms with Crippen molar-refractivity contribution in [2.45, 2.75) is 0 Å². The summed E-state index contributed by atoms with van der Waals surface area (Å²) in [6, 6.07) is 12.9. The van der Waals surface area contributed by atoms with E-state index in [1.54, 1.807) is 18.2 Å². The molecule has 1 heterocycles. The molecule has 1 amide bonds. The molecule has 0 spiro atoms. The smallest absolute Gasteiger partial charge is 0.255 e. The largest absolute Gasteiger partial charge is 0.368 e. The predicted octanol–water partition coefficient (Wildman–Crippen LogP) is 4.61. The average molecular weight is 370 g/mol. The summed E-state index contributed by atoms with van der Waals surface area (Å²) >= 11 is 18.1. The summed E-state index contributed by atoms with van der Waals surface area (Å²) in [5.74, 6) is -0.0757. The van der Waals surface area contributed by atoms with Gasteiger partial charge in [-0.2, -0.15) is 0 Å². The van der Waals surface area contributed by atoms with Crippen LogP contribution in [0.2, 0.25) is 15.1 Å². The normalized spacial score (nSPS) is 14.9. The van der Waals surface area contributed by atoms with E-state index in [0.29, 0.717) is 28.7 Å². The van der Waals surface area contributed by atoms with Gasteiger partial charge in [0.25, 0.3) is 5.91 Å². The third kappa shape index (κ3) is 3.57. The van der Waals surface area contributed by atoms with Gasteiger partial charge in [-0.3, -0.25) is 4.79 Å². The van der Waals surface area contributed by atoms with Crippen LogP contribution in [0.5, 0.6) is 0 Å². The summed E-state index contributed by atoms with van der Waals surface area (Å²) in [7, 11) is 0. The van der Waals surface area contributed by atoms with Gasteiger partial charge >= 0.3 is 0 Å². The van der Waals surface area contributed by atoms with E-state index < -0.39 is 0 Å². The molecule has 0 atom stereocenters. The van der Waals surface area contributed by atoms with Crippen molar-refractivity contribution in [2.24, 2.45) is 0 Å². The SMILES string of the molecule is O=C(c1cccc(Cl)c1Cl)N1CCN(c2ccc(Cl)cc2)CC1. The summed E-state index contributed by atoms with van der Waals surface area (Å²) in [4.78, 5) is 16.7. The van der Waals surface area contributed by atoms with Gasteiger partial charge in [0.1, 0.15) is 0 Å². The molecule has 2 aromatic rings. The Morgan fingerprint density at radius 1 is 0.870 bits per heavy atom. The molecule has 1 saturated heterocycles. The molecule has 0 saturated carbocycles. The highest BCUT2D eigenvalue weighted by Gasteiger charge is 2.24. The van der Waals surface area contributed by atoms with E-state index in [2.05, 4.69) is 4.90 Å². The maximum Gasteiger partial charge on any atom is 0.255 e. The lowest BCUT2D eigenvalue weighted by atomic mass is 10.1. The van der Waals surface area contributed by atoms with Crippen LogP contribution in [-0.2, 0) is 0 Å². The van der Waals surface area contributed by atoms with Crippen LogP contribution >= 0.6 is 34.8 Å². The Hall–Kier alpha value is -1.42. The highest BCUT2D eigenvalue weighted by atomic mass is 35.5. The van der Waals surface area contributed by atoms with Gasteiger partial charge in [-0.25, -0.2) is 0 Å². The van der Waals surface area contributed by atoms with Gasteiger partial charge in [0.05, 0.1) is 15.6 Å². The minimum absolute atomic E-state index is 0.0757. The number of hydrogen-bond acceptors (Lipinski definition) is 2. The summed E-state index contributed by atoms with van der Waals surface area (Å²) < 4.78 is 0. The number of amides is 1. The van der Waals surface area contributed by atoms with Gasteiger partial charge in [-0.05, 0) is 36.4 Å². The molecule has 3 nitrogen and oxygen atoms in total. The molecule has 1 aliphatic rings. The Kier molecular flexibility index (Phi) is 5.00. The van der Waals surface area contributed by atoms with Crippen molar-refractivity contribution in [3.63, 3.8) is 0 Å². The lowest BCUT2D eigenvalue weighted by molar-refractivity contribution is 0.0747. The molecule has 3 rings (SSSR count). The molecule has 0 aromatic heterocycles. The lowest BCUT2D eigenvalue weighted by Gasteiger charge is -2.36. The molecule has 0 aliphatic carbocycles. The second-order valence-corrected chi connectivity index (χ2v) is 6.58. The number of carbonyl (C=O) groups is 1. The first-order valence-corrected chi connectivity index (χ1v) is 8.43. The molecule has 1 fully saturated rings. The second kappa shape index (κ2) is 7.00. The van der Waals surface area contributed by atoms with Crippen molar-refractivity contribution in [3.05, 3.63) is 63.1 Å². The molecule has 0 unspecified atom stereocenters. The molecule has 0 N–H and O–H groups in total. The Labute approximate surface area is 150 Å². The zero-order valence-corrected chi connectivity index (χ0v) is 14.6. The van der Waals surface area contributed by atoms with E-state index in [1.807, 2.05) is 29.2 Å². The van der Waals surface area contributed by atoms with Crippen molar-refractivity contribution in [3.8, 4) is 0 Å². The van der Waals surface area contributed by atoms with Crippen molar-refractivity contribution < 1.29 is 4.79 Å². The third-order valence-electron chi connectivity index (χ3n) is 3.94. The maximum absolute atomic E-state index is 12.6. The number of carbonyl (C=O) groups excluding carboxylic acids is 1. The second-order valence-electron chi connectivity index (χ2n) is 5.36. The fourth-order valence-corrected chi connectivity index (χ4v) is 3.17. The molecule has 6 heteroatoms. The zero-order chi connectivity index (χ0) is 16.4. The van der Waals surface area contributed by atoms with Gasteiger partial charge in [0, 0.05) is 36.9 Å². The van der Waals surface area contributed by atoms with E-state index in [-0.39, 0.29) is 5.91 Å². The standard InChI is InChI=1S/C17H15Cl3N2O/c18-12-4-6-13(7-5-12)21-8-10-22(11-9-21)17(23)14-2-1-3-15(19)16(14)20/h1-7H,8-11H2. The Morgan fingerprint density at radius 2 is 1.52 bits per heavy atom. The van der Waals surface area contributed by atoms with Crippen LogP contribution < -0.4 is 4.90 Å². The van der Waals surface area contributed by atoms with Crippen LogP contribution in [0.3, 0.4) is 0 Å². The van der Waals surface area contributed by atoms with Crippen molar-refractivity contribution in [1.82, 2.24) is 4.90 Å². The third-order valence-corrected chi connectivity index (χ3v) is 5.01. The van der Waals surface area contributed by atoms with Crippen molar-refractivity contribution >= 4 is 46.4 Å². The first-order valence-electron chi connectivity index (χ1n) is 7.30. The van der Waals surface area contributed by atoms with Crippen LogP contribution in [-0.4, -0.2) is 37.0 Å². The lowest BCUT2D eigenvalue weighted by Crippen LogP contribution is -2.48. The molecule has 23 heavy (non-hydrogen) atoms. The first-order chi connectivity index (χ1) is 11.1. The van der Waals surface area contributed by atoms with Gasteiger partial charge in [-0.15, -0.1) is 0 Å². The summed E-state index contributed by atoms with van der Waals surface area (Å²) in [5.41, 5.74) is 1.57. The Balaban J connectivity index is 1.68. The highest BCUT2D eigenvalue weighted by Crippen LogP contribution is 2.27. The number of hydrogen-bond donors (Lipinski definition) is 0. The molecular weight excluding hydrogens is 355 g/mol. The van der Waals surface area contributed by atoms with Crippen LogP contribution in [0.1, 0.15) is 10.4 Å². The van der Waals surface area contributed by atoms with E-state index in [1.165, 1.54) is 0 Å². The number of rotatable bonds is 2. The van der Waals surface area contributed by atoms with Crippen molar-refractivity contribution in [2.75, 3.05) is 31.1 Å². The topological polar surface area (TPSA) is 23.6 Å². The zero-order valence-electron chi connectivity index (χ0n) is 12.3. The number of benzene rings is 2. The van der Waals surface area contributed by atoms with Crippen molar-refractivity contribution in [1.29, 1.82) is 0 Å². The quantitative estimate of drug-likeness (QED) is 0.772. The summed E-state index contributed by atoms with van der Waals surface area (Å²) in [5, 5.41) is 1.44. The average Bonchev–Trinajstić information content (AvgIpc) is 2.58. The monoisotopic (exact) mass is 368 g/mol. The molecular formula is C17H15Cl3N2O. The highest BCUT2D eigenvalue weighted by molar-refractivity contribution is 6.43. The van der Waals surface area contributed by atoms with E-state index in [4.69, 9.17) is 34.8 Å². The fraction of sp³-hybridized carbons (Fsp3) is 0.235. The molecule has 2 aromatic carbocycles. The molecule has 120 valence electrons. The first kappa shape index (κ1) is 16.4. The Morgan fingerprint density at radius 3 is 2.17 bits per heavy atom. The number of piperazine rings is 1. The Bertz CT molecular complexity index is 710. The van der Waals surface area contributed by atoms with E-state index in [9.17, 15) is 4.79 Å². The van der Waals surface area contributed by atoms with Crippen LogP contribution in [0.25, 0.3) is 0 Å². The maximum atomic E-state index is 12.6. The van der Waals surface area contributed by atoms with Crippen LogP contribution in [0.4, 0.5) is 5.69 Å². The van der Waals surface area contributed by atoms with Gasteiger partial charge in [0.15, 0.2) is 0 Å². The van der Waals surface area contributed by atoms with Crippen LogP contribution in [0, 0.1) is 0 Å².